The summed E-state index contributed by atoms with van der Waals surface area (Å²) in [6, 6.07) is 8.85. The Kier molecular flexibility index (Phi) is 7.38. The Labute approximate surface area is 182 Å². The second-order valence-electron chi connectivity index (χ2n) is 7.36. The van der Waals surface area contributed by atoms with Crippen molar-refractivity contribution in [2.45, 2.75) is 30.5 Å². The normalized spacial score (nSPS) is 16.8. The van der Waals surface area contributed by atoms with Gasteiger partial charge in [0, 0.05) is 31.1 Å². The Morgan fingerprint density at radius 3 is 2.57 bits per heavy atom. The molecule has 1 aliphatic rings. The van der Waals surface area contributed by atoms with Crippen molar-refractivity contribution < 1.29 is 22.7 Å². The molecule has 0 radical (unpaired) electrons. The third kappa shape index (κ3) is 4.96. The molecule has 1 aromatic heterocycles. The number of piperidine rings is 1. The summed E-state index contributed by atoms with van der Waals surface area (Å²) in [4.78, 5) is 12.7. The van der Waals surface area contributed by atoms with E-state index < -0.39 is 10.0 Å². The van der Waals surface area contributed by atoms with Crippen LogP contribution in [0.5, 0.6) is 11.5 Å². The molecule has 1 aliphatic heterocycles. The fourth-order valence-corrected chi connectivity index (χ4v) is 6.35. The van der Waals surface area contributed by atoms with Gasteiger partial charge in [0.05, 0.1) is 14.2 Å². The molecule has 164 valence electrons. The van der Waals surface area contributed by atoms with Crippen molar-refractivity contribution >= 4 is 27.3 Å². The van der Waals surface area contributed by atoms with Gasteiger partial charge in [-0.25, -0.2) is 8.42 Å². The van der Waals surface area contributed by atoms with Gasteiger partial charge in [0.1, 0.15) is 15.7 Å². The Morgan fingerprint density at radius 1 is 1.23 bits per heavy atom. The summed E-state index contributed by atoms with van der Waals surface area (Å²) in [5.74, 6) is 1.29. The first-order chi connectivity index (χ1) is 14.4. The van der Waals surface area contributed by atoms with Crippen LogP contribution in [-0.4, -0.2) is 45.9 Å². The van der Waals surface area contributed by atoms with Gasteiger partial charge >= 0.3 is 0 Å². The van der Waals surface area contributed by atoms with Gasteiger partial charge in [-0.05, 0) is 48.4 Å². The number of hydrogen-bond donors (Lipinski definition) is 1. The molecule has 0 saturated carbocycles. The third-order valence-electron chi connectivity index (χ3n) is 5.65. The van der Waals surface area contributed by atoms with Crippen molar-refractivity contribution in [2.75, 3.05) is 27.3 Å². The van der Waals surface area contributed by atoms with Crippen LogP contribution in [0.1, 0.15) is 25.3 Å². The molecule has 0 bridgehead atoms. The largest absolute Gasteiger partial charge is 0.497 e. The van der Waals surface area contributed by atoms with Crippen molar-refractivity contribution in [3.8, 4) is 11.5 Å². The SMILES string of the molecule is COc1ccc(OC)c(CNC(=O)[C@H](C)C2CCN(S(=O)(=O)c3cccs3)CC2)c1. The highest BCUT2D eigenvalue weighted by molar-refractivity contribution is 7.91. The van der Waals surface area contributed by atoms with Crippen LogP contribution in [0.3, 0.4) is 0 Å². The first-order valence-electron chi connectivity index (χ1n) is 9.89. The second-order valence-corrected chi connectivity index (χ2v) is 10.5. The lowest BCUT2D eigenvalue weighted by Gasteiger charge is -2.33. The fourth-order valence-electron chi connectivity index (χ4n) is 3.73. The minimum Gasteiger partial charge on any atom is -0.497 e. The Hall–Kier alpha value is -2.10. The van der Waals surface area contributed by atoms with Crippen molar-refractivity contribution in [3.63, 3.8) is 0 Å². The lowest BCUT2D eigenvalue weighted by molar-refractivity contribution is -0.126. The molecule has 2 aromatic rings. The number of methoxy groups -OCH3 is 2. The number of nitrogens with zero attached hydrogens (tertiary/aromatic N) is 1. The molecule has 3 rings (SSSR count). The van der Waals surface area contributed by atoms with Crippen molar-refractivity contribution in [1.29, 1.82) is 0 Å². The maximum absolute atomic E-state index is 12.7. The van der Waals surface area contributed by atoms with E-state index in [0.29, 0.717) is 48.2 Å². The number of amides is 1. The zero-order valence-electron chi connectivity index (χ0n) is 17.5. The summed E-state index contributed by atoms with van der Waals surface area (Å²) in [7, 11) is -0.238. The molecule has 0 spiro atoms. The number of sulfonamides is 1. The highest BCUT2D eigenvalue weighted by Crippen LogP contribution is 2.30. The molecule has 1 fully saturated rings. The summed E-state index contributed by atoms with van der Waals surface area (Å²) in [6.45, 7) is 3.12. The van der Waals surface area contributed by atoms with Crippen molar-refractivity contribution in [3.05, 3.63) is 41.3 Å². The van der Waals surface area contributed by atoms with Crippen LogP contribution in [0, 0.1) is 11.8 Å². The minimum atomic E-state index is -3.42. The standard InChI is InChI=1S/C21H28N2O5S2/c1-15(21(24)22-14-17-13-18(27-2)6-7-19(17)28-3)16-8-10-23(11-9-16)30(25,26)20-5-4-12-29-20/h4-7,12-13,15-16H,8-11,14H2,1-3H3,(H,22,24)/t15-/m1/s1. The number of carbonyl (C=O) groups excluding carboxylic acids is 1. The van der Waals surface area contributed by atoms with Gasteiger partial charge in [0.15, 0.2) is 0 Å². The number of rotatable bonds is 8. The highest BCUT2D eigenvalue weighted by Gasteiger charge is 2.33. The molecule has 1 aromatic carbocycles. The van der Waals surface area contributed by atoms with E-state index in [1.165, 1.54) is 15.6 Å². The molecule has 7 nitrogen and oxygen atoms in total. The van der Waals surface area contributed by atoms with E-state index in [1.807, 2.05) is 25.1 Å². The van der Waals surface area contributed by atoms with E-state index >= 15 is 0 Å². The van der Waals surface area contributed by atoms with Gasteiger partial charge in [-0.2, -0.15) is 4.31 Å². The van der Waals surface area contributed by atoms with Crippen LogP contribution < -0.4 is 14.8 Å². The summed E-state index contributed by atoms with van der Waals surface area (Å²) < 4.78 is 37.8. The molecule has 1 amide bonds. The number of hydrogen-bond acceptors (Lipinski definition) is 6. The summed E-state index contributed by atoms with van der Waals surface area (Å²) in [5, 5.41) is 4.75. The first-order valence-corrected chi connectivity index (χ1v) is 12.2. The van der Waals surface area contributed by atoms with E-state index in [-0.39, 0.29) is 17.7 Å². The number of carbonyl (C=O) groups is 1. The molecule has 1 saturated heterocycles. The van der Waals surface area contributed by atoms with Crippen LogP contribution in [0.25, 0.3) is 0 Å². The summed E-state index contributed by atoms with van der Waals surface area (Å²) in [5.41, 5.74) is 0.842. The minimum absolute atomic E-state index is 0.0422. The Morgan fingerprint density at radius 2 is 1.97 bits per heavy atom. The lowest BCUT2D eigenvalue weighted by atomic mass is 9.85. The van der Waals surface area contributed by atoms with Crippen LogP contribution in [-0.2, 0) is 21.4 Å². The van der Waals surface area contributed by atoms with Crippen molar-refractivity contribution in [2.24, 2.45) is 11.8 Å². The van der Waals surface area contributed by atoms with Crippen LogP contribution >= 0.6 is 11.3 Å². The third-order valence-corrected chi connectivity index (χ3v) is 8.92. The molecular weight excluding hydrogens is 424 g/mol. The lowest BCUT2D eigenvalue weighted by Crippen LogP contribution is -2.42. The van der Waals surface area contributed by atoms with Crippen LogP contribution in [0.15, 0.2) is 39.9 Å². The van der Waals surface area contributed by atoms with E-state index in [9.17, 15) is 13.2 Å². The van der Waals surface area contributed by atoms with Gasteiger partial charge in [-0.1, -0.05) is 13.0 Å². The summed E-state index contributed by atoms with van der Waals surface area (Å²) in [6.07, 6.45) is 1.34. The second kappa shape index (κ2) is 9.80. The Balaban J connectivity index is 1.55. The maximum Gasteiger partial charge on any atom is 0.252 e. The molecule has 0 unspecified atom stereocenters. The topological polar surface area (TPSA) is 84.9 Å². The van der Waals surface area contributed by atoms with Crippen LogP contribution in [0.2, 0.25) is 0 Å². The fraction of sp³-hybridized carbons (Fsp3) is 0.476. The molecule has 0 aliphatic carbocycles. The molecule has 1 atom stereocenters. The predicted octanol–water partition coefficient (Wildman–Crippen LogP) is 3.12. The molecule has 1 N–H and O–H groups in total. The van der Waals surface area contributed by atoms with E-state index in [2.05, 4.69) is 5.32 Å². The monoisotopic (exact) mass is 452 g/mol. The number of nitrogens with one attached hydrogen (secondary N) is 1. The van der Waals surface area contributed by atoms with Gasteiger partial charge in [0.2, 0.25) is 5.91 Å². The van der Waals surface area contributed by atoms with Crippen molar-refractivity contribution in [1.82, 2.24) is 9.62 Å². The van der Waals surface area contributed by atoms with Gasteiger partial charge < -0.3 is 14.8 Å². The smallest absolute Gasteiger partial charge is 0.252 e. The molecule has 30 heavy (non-hydrogen) atoms. The molecule has 2 heterocycles. The number of thiophene rings is 1. The predicted molar refractivity (Wildman–Crippen MR) is 116 cm³/mol. The van der Waals surface area contributed by atoms with Gasteiger partial charge in [-0.3, -0.25) is 4.79 Å². The highest BCUT2D eigenvalue weighted by atomic mass is 32.2. The number of ether oxygens (including phenoxy) is 2. The van der Waals surface area contributed by atoms with Crippen LogP contribution in [0.4, 0.5) is 0 Å². The van der Waals surface area contributed by atoms with Gasteiger partial charge in [-0.15, -0.1) is 11.3 Å². The average Bonchev–Trinajstić information content (AvgIpc) is 3.32. The average molecular weight is 453 g/mol. The van der Waals surface area contributed by atoms with Gasteiger partial charge in [0.25, 0.3) is 10.0 Å². The zero-order chi connectivity index (χ0) is 21.7. The first kappa shape index (κ1) is 22.6. The van der Waals surface area contributed by atoms with E-state index in [1.54, 1.807) is 31.7 Å². The molecular formula is C21H28N2O5S2. The summed E-state index contributed by atoms with van der Waals surface area (Å²) >= 11 is 1.23. The Bertz CT molecular complexity index is 952. The zero-order valence-corrected chi connectivity index (χ0v) is 19.1. The number of benzene rings is 1. The van der Waals surface area contributed by atoms with E-state index in [0.717, 1.165) is 5.56 Å². The van der Waals surface area contributed by atoms with E-state index in [4.69, 9.17) is 9.47 Å². The quantitative estimate of drug-likeness (QED) is 0.665. The maximum atomic E-state index is 12.7. The molecule has 9 heteroatoms.